The fraction of sp³-hybridized carbons (Fsp3) is 0.500. The van der Waals surface area contributed by atoms with Crippen LogP contribution in [0.2, 0.25) is 0 Å². The number of carbonyl (C=O) groups is 1. The van der Waals surface area contributed by atoms with Crippen LogP contribution in [0.25, 0.3) is 0 Å². The number of carbonyl (C=O) groups excluding carboxylic acids is 1. The van der Waals surface area contributed by atoms with Crippen molar-refractivity contribution in [2.75, 3.05) is 20.3 Å². The third-order valence-electron chi connectivity index (χ3n) is 2.60. The lowest BCUT2D eigenvalue weighted by Gasteiger charge is -2.16. The van der Waals surface area contributed by atoms with Gasteiger partial charge in [-0.3, -0.25) is 4.79 Å². The van der Waals surface area contributed by atoms with Crippen molar-refractivity contribution >= 4 is 5.78 Å². The van der Waals surface area contributed by atoms with Gasteiger partial charge in [0.15, 0.2) is 5.78 Å². The van der Waals surface area contributed by atoms with Gasteiger partial charge in [-0.05, 0) is 18.1 Å². The molecule has 4 heteroatoms. The molecule has 1 aromatic rings. The molecule has 100 valence electrons. The van der Waals surface area contributed by atoms with E-state index in [1.807, 2.05) is 0 Å². The van der Waals surface area contributed by atoms with Gasteiger partial charge in [-0.25, -0.2) is 0 Å². The summed E-state index contributed by atoms with van der Waals surface area (Å²) >= 11 is 0. The molecule has 0 saturated heterocycles. The van der Waals surface area contributed by atoms with Crippen molar-refractivity contribution in [3.05, 3.63) is 29.8 Å². The number of para-hydroxylation sites is 1. The Morgan fingerprint density at radius 3 is 2.56 bits per heavy atom. The molecule has 0 aromatic heterocycles. The molecule has 4 nitrogen and oxygen atoms in total. The van der Waals surface area contributed by atoms with E-state index in [0.29, 0.717) is 24.5 Å². The van der Waals surface area contributed by atoms with Gasteiger partial charge in [0.25, 0.3) is 0 Å². The smallest absolute Gasteiger partial charge is 0.195 e. The second-order valence-corrected chi connectivity index (χ2v) is 4.39. The first kappa shape index (κ1) is 14.7. The standard InChI is InChI=1S/C14H20O4/c1-10(2)13(15)14(16)11-6-4-5-7-12(11)18-9-8-17-3/h4-7,10,13,15H,8-9H2,1-3H3. The van der Waals surface area contributed by atoms with Gasteiger partial charge in [-0.1, -0.05) is 26.0 Å². The predicted octanol–water partition coefficient (Wildman–Crippen LogP) is 1.91. The number of aliphatic hydroxyl groups is 1. The second kappa shape index (κ2) is 7.13. The fourth-order valence-electron chi connectivity index (χ4n) is 1.49. The summed E-state index contributed by atoms with van der Waals surface area (Å²) < 4.78 is 10.4. The van der Waals surface area contributed by atoms with Gasteiger partial charge in [0.2, 0.25) is 0 Å². The summed E-state index contributed by atoms with van der Waals surface area (Å²) in [7, 11) is 1.59. The summed E-state index contributed by atoms with van der Waals surface area (Å²) in [6.07, 6.45) is -1.00. The minimum Gasteiger partial charge on any atom is -0.490 e. The molecule has 0 amide bonds. The second-order valence-electron chi connectivity index (χ2n) is 4.39. The highest BCUT2D eigenvalue weighted by Gasteiger charge is 2.23. The summed E-state index contributed by atoms with van der Waals surface area (Å²) in [5, 5.41) is 9.81. The average molecular weight is 252 g/mol. The van der Waals surface area contributed by atoms with Crippen molar-refractivity contribution < 1.29 is 19.4 Å². The third-order valence-corrected chi connectivity index (χ3v) is 2.60. The van der Waals surface area contributed by atoms with Crippen molar-refractivity contribution in [1.82, 2.24) is 0 Å². The Morgan fingerprint density at radius 2 is 1.94 bits per heavy atom. The first-order valence-electron chi connectivity index (χ1n) is 6.01. The molecular formula is C14H20O4. The number of hydrogen-bond donors (Lipinski definition) is 1. The van der Waals surface area contributed by atoms with E-state index in [9.17, 15) is 9.90 Å². The summed E-state index contributed by atoms with van der Waals surface area (Å²) in [5.74, 6) is 0.0572. The molecule has 0 aliphatic rings. The van der Waals surface area contributed by atoms with E-state index in [1.54, 1.807) is 45.2 Å². The molecule has 0 radical (unpaired) electrons. The van der Waals surface area contributed by atoms with E-state index >= 15 is 0 Å². The molecule has 0 spiro atoms. The van der Waals surface area contributed by atoms with Crippen LogP contribution in [-0.4, -0.2) is 37.3 Å². The average Bonchev–Trinajstić information content (AvgIpc) is 2.38. The third kappa shape index (κ3) is 3.82. The van der Waals surface area contributed by atoms with Crippen LogP contribution in [-0.2, 0) is 4.74 Å². The van der Waals surface area contributed by atoms with E-state index in [1.165, 1.54) is 0 Å². The van der Waals surface area contributed by atoms with Crippen molar-refractivity contribution in [3.63, 3.8) is 0 Å². The molecule has 1 aromatic carbocycles. The normalized spacial score (nSPS) is 12.5. The van der Waals surface area contributed by atoms with Crippen LogP contribution in [0.1, 0.15) is 24.2 Å². The zero-order valence-electron chi connectivity index (χ0n) is 11.1. The zero-order chi connectivity index (χ0) is 13.5. The van der Waals surface area contributed by atoms with Gasteiger partial charge in [0.1, 0.15) is 18.5 Å². The summed E-state index contributed by atoms with van der Waals surface area (Å²) in [5.41, 5.74) is 0.412. The number of benzene rings is 1. The van der Waals surface area contributed by atoms with Crippen LogP contribution in [0.15, 0.2) is 24.3 Å². The van der Waals surface area contributed by atoms with Gasteiger partial charge in [-0.2, -0.15) is 0 Å². The first-order valence-corrected chi connectivity index (χ1v) is 6.01. The van der Waals surface area contributed by atoms with E-state index < -0.39 is 6.10 Å². The molecule has 0 bridgehead atoms. The number of hydrogen-bond acceptors (Lipinski definition) is 4. The van der Waals surface area contributed by atoms with Crippen LogP contribution in [0, 0.1) is 5.92 Å². The summed E-state index contributed by atoms with van der Waals surface area (Å²) in [6.45, 7) is 4.43. The van der Waals surface area contributed by atoms with Crippen molar-refractivity contribution in [3.8, 4) is 5.75 Å². The lowest BCUT2D eigenvalue weighted by atomic mass is 9.97. The predicted molar refractivity (Wildman–Crippen MR) is 69.0 cm³/mol. The zero-order valence-corrected chi connectivity index (χ0v) is 11.1. The SMILES string of the molecule is COCCOc1ccccc1C(=O)C(O)C(C)C. The minimum absolute atomic E-state index is 0.121. The molecule has 0 aliphatic heterocycles. The first-order chi connectivity index (χ1) is 8.57. The molecular weight excluding hydrogens is 232 g/mol. The molecule has 1 N–H and O–H groups in total. The highest BCUT2D eigenvalue weighted by Crippen LogP contribution is 2.21. The summed E-state index contributed by atoms with van der Waals surface area (Å²) in [6, 6.07) is 6.93. The molecule has 0 fully saturated rings. The topological polar surface area (TPSA) is 55.8 Å². The maximum atomic E-state index is 12.1. The van der Waals surface area contributed by atoms with E-state index in [0.717, 1.165) is 0 Å². The number of aliphatic hydroxyl groups excluding tert-OH is 1. The Bertz CT molecular complexity index is 387. The van der Waals surface area contributed by atoms with Crippen LogP contribution < -0.4 is 4.74 Å². The Hall–Kier alpha value is -1.39. The molecule has 1 rings (SSSR count). The molecule has 0 heterocycles. The lowest BCUT2D eigenvalue weighted by Crippen LogP contribution is -2.26. The monoisotopic (exact) mass is 252 g/mol. The number of ketones is 1. The van der Waals surface area contributed by atoms with Crippen LogP contribution in [0.5, 0.6) is 5.75 Å². The molecule has 0 aliphatic carbocycles. The Kier molecular flexibility index (Phi) is 5.82. The van der Waals surface area contributed by atoms with Crippen molar-refractivity contribution in [2.45, 2.75) is 20.0 Å². The molecule has 1 unspecified atom stereocenters. The number of ether oxygens (including phenoxy) is 2. The van der Waals surface area contributed by atoms with Gasteiger partial charge >= 0.3 is 0 Å². The maximum absolute atomic E-state index is 12.1. The largest absolute Gasteiger partial charge is 0.490 e. The van der Waals surface area contributed by atoms with Gasteiger partial charge in [0, 0.05) is 7.11 Å². The lowest BCUT2D eigenvalue weighted by molar-refractivity contribution is 0.0642. The Balaban J connectivity index is 2.84. The minimum atomic E-state index is -1.00. The van der Waals surface area contributed by atoms with E-state index in [4.69, 9.17) is 9.47 Å². The van der Waals surface area contributed by atoms with Gasteiger partial charge in [0.05, 0.1) is 12.2 Å². The quantitative estimate of drug-likeness (QED) is 0.595. The van der Waals surface area contributed by atoms with Crippen LogP contribution in [0.4, 0.5) is 0 Å². The van der Waals surface area contributed by atoms with Gasteiger partial charge in [-0.15, -0.1) is 0 Å². The van der Waals surface area contributed by atoms with Crippen LogP contribution in [0.3, 0.4) is 0 Å². The number of rotatable bonds is 7. The summed E-state index contributed by atoms with van der Waals surface area (Å²) in [4.78, 5) is 12.1. The number of Topliss-reactive ketones (excluding diaryl/α,β-unsaturated/α-hetero) is 1. The van der Waals surface area contributed by atoms with Crippen molar-refractivity contribution in [1.29, 1.82) is 0 Å². The van der Waals surface area contributed by atoms with Crippen LogP contribution >= 0.6 is 0 Å². The van der Waals surface area contributed by atoms with Crippen molar-refractivity contribution in [2.24, 2.45) is 5.92 Å². The highest BCUT2D eigenvalue weighted by molar-refractivity contribution is 6.01. The Morgan fingerprint density at radius 1 is 1.28 bits per heavy atom. The van der Waals surface area contributed by atoms with E-state index in [-0.39, 0.29) is 11.7 Å². The molecule has 18 heavy (non-hydrogen) atoms. The highest BCUT2D eigenvalue weighted by atomic mass is 16.5. The van der Waals surface area contributed by atoms with Gasteiger partial charge < -0.3 is 14.6 Å². The fourth-order valence-corrected chi connectivity index (χ4v) is 1.49. The molecule has 1 atom stereocenters. The molecule has 0 saturated carbocycles. The maximum Gasteiger partial charge on any atom is 0.195 e. The number of methoxy groups -OCH3 is 1. The van der Waals surface area contributed by atoms with E-state index in [2.05, 4.69) is 0 Å². The Labute approximate surface area is 108 Å².